The first kappa shape index (κ1) is 15.9. The van der Waals surface area contributed by atoms with Crippen LogP contribution in [-0.4, -0.2) is 55.5 Å². The van der Waals surface area contributed by atoms with E-state index in [1.807, 2.05) is 29.2 Å². The van der Waals surface area contributed by atoms with Gasteiger partial charge in [-0.15, -0.1) is 0 Å². The molecule has 24 heavy (non-hydrogen) atoms. The Kier molecular flexibility index (Phi) is 3.80. The van der Waals surface area contributed by atoms with E-state index < -0.39 is 10.0 Å². The van der Waals surface area contributed by atoms with Gasteiger partial charge in [-0.25, -0.2) is 12.7 Å². The summed E-state index contributed by atoms with van der Waals surface area (Å²) in [5, 5.41) is -0.193. The lowest BCUT2D eigenvalue weighted by Gasteiger charge is -2.21. The Morgan fingerprint density at radius 1 is 1.12 bits per heavy atom. The molecule has 2 atom stereocenters. The Morgan fingerprint density at radius 3 is 2.42 bits per heavy atom. The highest BCUT2D eigenvalue weighted by atomic mass is 32.2. The largest absolute Gasteiger partial charge is 0.497 e. The van der Waals surface area contributed by atoms with Crippen molar-refractivity contribution in [3.05, 3.63) is 29.8 Å². The lowest BCUT2D eigenvalue weighted by atomic mass is 10.0. The van der Waals surface area contributed by atoms with Crippen LogP contribution in [0.4, 0.5) is 0 Å². The monoisotopic (exact) mass is 350 g/mol. The van der Waals surface area contributed by atoms with Gasteiger partial charge in [0.25, 0.3) is 0 Å². The zero-order valence-corrected chi connectivity index (χ0v) is 14.5. The Hall–Kier alpha value is -1.60. The topological polar surface area (TPSA) is 66.9 Å². The van der Waals surface area contributed by atoms with E-state index in [-0.39, 0.29) is 23.0 Å². The number of rotatable bonds is 5. The molecule has 0 aromatic heterocycles. The van der Waals surface area contributed by atoms with Crippen LogP contribution in [0.5, 0.6) is 5.75 Å². The van der Waals surface area contributed by atoms with Gasteiger partial charge < -0.3 is 9.64 Å². The zero-order chi connectivity index (χ0) is 16.9. The highest BCUT2D eigenvalue weighted by Crippen LogP contribution is 2.39. The van der Waals surface area contributed by atoms with Crippen LogP contribution in [0.3, 0.4) is 0 Å². The molecule has 4 rings (SSSR count). The average Bonchev–Trinajstić information content (AvgIpc) is 3.29. The number of hydrogen-bond acceptors (Lipinski definition) is 4. The molecule has 2 heterocycles. The minimum atomic E-state index is -3.17. The third-order valence-corrected chi connectivity index (χ3v) is 7.66. The summed E-state index contributed by atoms with van der Waals surface area (Å²) in [4.78, 5) is 14.5. The maximum Gasteiger partial charge on any atom is 0.227 e. The van der Waals surface area contributed by atoms with Gasteiger partial charge in [-0.1, -0.05) is 12.1 Å². The van der Waals surface area contributed by atoms with Crippen molar-refractivity contribution in [3.8, 4) is 5.75 Å². The van der Waals surface area contributed by atoms with Gasteiger partial charge in [-0.05, 0) is 30.5 Å². The molecule has 7 heteroatoms. The maximum atomic E-state index is 12.7. The number of sulfonamides is 1. The molecule has 1 aliphatic carbocycles. The minimum absolute atomic E-state index is 0.0873. The number of hydrogen-bond donors (Lipinski definition) is 0. The molecule has 0 spiro atoms. The molecule has 130 valence electrons. The summed E-state index contributed by atoms with van der Waals surface area (Å²) in [5.74, 6) is 0.842. The lowest BCUT2D eigenvalue weighted by Crippen LogP contribution is -2.36. The van der Waals surface area contributed by atoms with Crippen LogP contribution in [0, 0.1) is 11.8 Å². The van der Waals surface area contributed by atoms with E-state index in [1.54, 1.807) is 11.4 Å². The van der Waals surface area contributed by atoms with E-state index >= 15 is 0 Å². The van der Waals surface area contributed by atoms with Crippen LogP contribution >= 0.6 is 0 Å². The lowest BCUT2D eigenvalue weighted by molar-refractivity contribution is -0.131. The summed E-state index contributed by atoms with van der Waals surface area (Å²) in [6, 6.07) is 7.70. The molecule has 3 aliphatic rings. The van der Waals surface area contributed by atoms with Gasteiger partial charge in [0.2, 0.25) is 15.9 Å². The first-order valence-electron chi connectivity index (χ1n) is 8.39. The second-order valence-corrected chi connectivity index (χ2v) is 9.21. The molecule has 1 saturated carbocycles. The zero-order valence-electron chi connectivity index (χ0n) is 13.7. The first-order valence-corrected chi connectivity index (χ1v) is 9.90. The molecule has 2 aliphatic heterocycles. The van der Waals surface area contributed by atoms with Crippen molar-refractivity contribution < 1.29 is 17.9 Å². The molecule has 1 aromatic rings. The van der Waals surface area contributed by atoms with Crippen LogP contribution in [0.15, 0.2) is 24.3 Å². The predicted octanol–water partition coefficient (Wildman–Crippen LogP) is 1.08. The Balaban J connectivity index is 1.41. The number of carbonyl (C=O) groups is 1. The van der Waals surface area contributed by atoms with Gasteiger partial charge in [-0.2, -0.15) is 0 Å². The number of likely N-dealkylation sites (tertiary alicyclic amines) is 1. The van der Waals surface area contributed by atoms with Gasteiger partial charge in [0, 0.05) is 32.1 Å². The summed E-state index contributed by atoms with van der Waals surface area (Å²) >= 11 is 0. The molecular weight excluding hydrogens is 328 g/mol. The normalized spacial score (nSPS) is 27.5. The van der Waals surface area contributed by atoms with Gasteiger partial charge in [0.05, 0.1) is 18.3 Å². The predicted molar refractivity (Wildman–Crippen MR) is 88.9 cm³/mol. The minimum Gasteiger partial charge on any atom is -0.497 e. The van der Waals surface area contributed by atoms with Crippen LogP contribution in [-0.2, 0) is 21.4 Å². The third-order valence-electron chi connectivity index (χ3n) is 5.33. The summed E-state index contributed by atoms with van der Waals surface area (Å²) in [7, 11) is -1.54. The molecule has 0 radical (unpaired) electrons. The summed E-state index contributed by atoms with van der Waals surface area (Å²) in [6.07, 6.45) is 1.54. The van der Waals surface area contributed by atoms with Gasteiger partial charge in [0.15, 0.2) is 0 Å². The number of amides is 1. The summed E-state index contributed by atoms with van der Waals surface area (Å²) in [6.45, 7) is 2.08. The SMILES string of the molecule is COc1ccc(CN2C[C@@H]3CN(S(=O)(=O)C4CC4)C[C@@H]3C2=O)cc1. The van der Waals surface area contributed by atoms with E-state index in [0.29, 0.717) is 26.2 Å². The Labute approximate surface area is 142 Å². The molecule has 0 unspecified atom stereocenters. The Bertz CT molecular complexity index is 742. The van der Waals surface area contributed by atoms with Crippen LogP contribution in [0.1, 0.15) is 18.4 Å². The Morgan fingerprint density at radius 2 is 1.83 bits per heavy atom. The van der Waals surface area contributed by atoms with Crippen molar-refractivity contribution in [1.29, 1.82) is 0 Å². The van der Waals surface area contributed by atoms with Crippen molar-refractivity contribution in [2.75, 3.05) is 26.7 Å². The quantitative estimate of drug-likeness (QED) is 0.797. The number of nitrogens with zero attached hydrogens (tertiary/aromatic N) is 2. The van der Waals surface area contributed by atoms with Crippen molar-refractivity contribution >= 4 is 15.9 Å². The second-order valence-electron chi connectivity index (χ2n) is 6.99. The summed E-state index contributed by atoms with van der Waals surface area (Å²) < 4.78 is 31.4. The van der Waals surface area contributed by atoms with Crippen molar-refractivity contribution in [2.24, 2.45) is 11.8 Å². The van der Waals surface area contributed by atoms with E-state index in [9.17, 15) is 13.2 Å². The highest BCUT2D eigenvalue weighted by Gasteiger charge is 2.51. The van der Waals surface area contributed by atoms with Crippen LogP contribution in [0.25, 0.3) is 0 Å². The van der Waals surface area contributed by atoms with Crippen molar-refractivity contribution in [1.82, 2.24) is 9.21 Å². The number of ether oxygens (including phenoxy) is 1. The van der Waals surface area contributed by atoms with Gasteiger partial charge >= 0.3 is 0 Å². The highest BCUT2D eigenvalue weighted by molar-refractivity contribution is 7.90. The number of benzene rings is 1. The second kappa shape index (κ2) is 5.74. The number of carbonyl (C=O) groups excluding carboxylic acids is 1. The smallest absolute Gasteiger partial charge is 0.227 e. The molecule has 0 bridgehead atoms. The standard InChI is InChI=1S/C17H22N2O4S/c1-23-14-4-2-12(3-5-14)8-18-9-13-10-19(11-16(13)17(18)20)24(21,22)15-6-7-15/h2-5,13,15-16H,6-11H2,1H3/t13-,16+/m1/s1. The van der Waals surface area contributed by atoms with Crippen molar-refractivity contribution in [3.63, 3.8) is 0 Å². The van der Waals surface area contributed by atoms with E-state index in [0.717, 1.165) is 24.2 Å². The fraction of sp³-hybridized carbons (Fsp3) is 0.588. The first-order chi connectivity index (χ1) is 11.5. The average molecular weight is 350 g/mol. The van der Waals surface area contributed by atoms with E-state index in [2.05, 4.69) is 0 Å². The number of methoxy groups -OCH3 is 1. The van der Waals surface area contributed by atoms with Gasteiger partial charge in [-0.3, -0.25) is 4.79 Å². The molecule has 6 nitrogen and oxygen atoms in total. The van der Waals surface area contributed by atoms with Crippen LogP contribution < -0.4 is 4.74 Å². The molecule has 0 N–H and O–H groups in total. The molecular formula is C17H22N2O4S. The number of fused-ring (bicyclic) bond motifs is 1. The maximum absolute atomic E-state index is 12.7. The molecule has 3 fully saturated rings. The van der Waals surface area contributed by atoms with E-state index in [1.165, 1.54) is 0 Å². The van der Waals surface area contributed by atoms with E-state index in [4.69, 9.17) is 4.74 Å². The fourth-order valence-corrected chi connectivity index (χ4v) is 5.70. The molecule has 2 saturated heterocycles. The summed E-state index contributed by atoms with van der Waals surface area (Å²) in [5.41, 5.74) is 1.06. The fourth-order valence-electron chi connectivity index (χ4n) is 3.78. The third kappa shape index (κ3) is 2.69. The molecule has 1 amide bonds. The van der Waals surface area contributed by atoms with Crippen molar-refractivity contribution in [2.45, 2.75) is 24.6 Å². The van der Waals surface area contributed by atoms with Crippen LogP contribution in [0.2, 0.25) is 0 Å². The molecule has 1 aromatic carbocycles. The van der Waals surface area contributed by atoms with Gasteiger partial charge in [0.1, 0.15) is 5.75 Å².